The van der Waals surface area contributed by atoms with E-state index in [9.17, 15) is 0 Å². The Morgan fingerprint density at radius 3 is 2.47 bits per heavy atom. The lowest BCUT2D eigenvalue weighted by Gasteiger charge is -2.20. The van der Waals surface area contributed by atoms with Gasteiger partial charge in [0.05, 0.1) is 11.9 Å². The first-order valence-corrected chi connectivity index (χ1v) is 6.08. The van der Waals surface area contributed by atoms with Gasteiger partial charge in [-0.3, -0.25) is 0 Å². The highest BCUT2D eigenvalue weighted by molar-refractivity contribution is 6.28. The minimum atomic E-state index is 0.145. The molecule has 0 saturated heterocycles. The van der Waals surface area contributed by atoms with Gasteiger partial charge < -0.3 is 4.98 Å². The van der Waals surface area contributed by atoms with Crippen molar-refractivity contribution < 1.29 is 0 Å². The highest BCUT2D eigenvalue weighted by Gasteiger charge is 2.15. The predicted molar refractivity (Wildman–Crippen MR) is 72.5 cm³/mol. The van der Waals surface area contributed by atoms with Crippen LogP contribution >= 0.6 is 11.6 Å². The number of H-pyrrole nitrogens is 1. The number of aromatic amines is 1. The van der Waals surface area contributed by atoms with E-state index in [4.69, 9.17) is 11.6 Å². The summed E-state index contributed by atoms with van der Waals surface area (Å²) in [7, 11) is 0. The van der Waals surface area contributed by atoms with Crippen molar-refractivity contribution >= 4 is 11.6 Å². The van der Waals surface area contributed by atoms with Gasteiger partial charge in [0.25, 0.3) is 0 Å². The number of aromatic nitrogens is 2. The molecule has 0 aliphatic carbocycles. The maximum Gasteiger partial charge on any atom is 0.200 e. The molecule has 3 heteroatoms. The van der Waals surface area contributed by atoms with Crippen LogP contribution in [0.1, 0.15) is 31.9 Å². The van der Waals surface area contributed by atoms with E-state index >= 15 is 0 Å². The summed E-state index contributed by atoms with van der Waals surface area (Å²) >= 11 is 5.83. The third-order valence-corrected chi connectivity index (χ3v) is 3.13. The van der Waals surface area contributed by atoms with Crippen LogP contribution in [0.5, 0.6) is 0 Å². The molecule has 2 rings (SSSR count). The van der Waals surface area contributed by atoms with Crippen LogP contribution in [0.25, 0.3) is 11.3 Å². The molecule has 0 unspecified atom stereocenters. The lowest BCUT2D eigenvalue weighted by atomic mass is 9.85. The summed E-state index contributed by atoms with van der Waals surface area (Å²) in [4.78, 5) is 7.10. The van der Waals surface area contributed by atoms with E-state index in [0.29, 0.717) is 5.28 Å². The van der Waals surface area contributed by atoms with Crippen molar-refractivity contribution in [2.24, 2.45) is 0 Å². The van der Waals surface area contributed by atoms with E-state index in [1.807, 2.05) is 0 Å². The van der Waals surface area contributed by atoms with Crippen molar-refractivity contribution in [2.75, 3.05) is 0 Å². The molecule has 1 heterocycles. The summed E-state index contributed by atoms with van der Waals surface area (Å²) in [5.74, 6) is 0. The minimum Gasteiger partial charge on any atom is -0.329 e. The zero-order chi connectivity index (χ0) is 12.6. The number of aryl methyl sites for hydroxylation is 1. The van der Waals surface area contributed by atoms with Crippen LogP contribution < -0.4 is 0 Å². The molecule has 0 fully saturated rings. The van der Waals surface area contributed by atoms with Crippen LogP contribution in [0.4, 0.5) is 0 Å². The Hall–Kier alpha value is -1.28. The molecule has 17 heavy (non-hydrogen) atoms. The van der Waals surface area contributed by atoms with Crippen molar-refractivity contribution in [3.8, 4) is 11.3 Å². The summed E-state index contributed by atoms with van der Waals surface area (Å²) in [5.41, 5.74) is 4.81. The molecule has 2 aromatic rings. The minimum absolute atomic E-state index is 0.145. The maximum atomic E-state index is 5.83. The van der Waals surface area contributed by atoms with Crippen molar-refractivity contribution in [3.05, 3.63) is 40.8 Å². The summed E-state index contributed by atoms with van der Waals surface area (Å²) in [6.07, 6.45) is 1.77. The van der Waals surface area contributed by atoms with E-state index in [-0.39, 0.29) is 5.41 Å². The number of rotatable bonds is 1. The monoisotopic (exact) mass is 248 g/mol. The number of imidazole rings is 1. The number of benzene rings is 1. The summed E-state index contributed by atoms with van der Waals surface area (Å²) in [6.45, 7) is 8.72. The van der Waals surface area contributed by atoms with Crippen LogP contribution in [0.3, 0.4) is 0 Å². The number of halogens is 1. The quantitative estimate of drug-likeness (QED) is 0.799. The van der Waals surface area contributed by atoms with Gasteiger partial charge in [-0.2, -0.15) is 0 Å². The first kappa shape index (κ1) is 12.2. The van der Waals surface area contributed by atoms with Crippen molar-refractivity contribution in [1.29, 1.82) is 0 Å². The van der Waals surface area contributed by atoms with Gasteiger partial charge in [-0.1, -0.05) is 32.9 Å². The average Bonchev–Trinajstić information content (AvgIpc) is 2.63. The largest absolute Gasteiger partial charge is 0.329 e. The van der Waals surface area contributed by atoms with Gasteiger partial charge >= 0.3 is 0 Å². The van der Waals surface area contributed by atoms with Crippen molar-refractivity contribution in [1.82, 2.24) is 9.97 Å². The first-order valence-electron chi connectivity index (χ1n) is 5.70. The third kappa shape index (κ3) is 2.52. The second kappa shape index (κ2) is 4.19. The van der Waals surface area contributed by atoms with E-state index in [1.165, 1.54) is 11.1 Å². The smallest absolute Gasteiger partial charge is 0.200 e. The van der Waals surface area contributed by atoms with Crippen molar-refractivity contribution in [2.45, 2.75) is 33.1 Å². The Morgan fingerprint density at radius 1 is 1.24 bits per heavy atom. The van der Waals surface area contributed by atoms with Crippen LogP contribution in [-0.2, 0) is 5.41 Å². The molecule has 0 saturated carbocycles. The number of nitrogens with zero attached hydrogens (tertiary/aromatic N) is 1. The molecule has 0 aliphatic rings. The fourth-order valence-electron chi connectivity index (χ4n) is 1.81. The first-order chi connectivity index (χ1) is 7.88. The van der Waals surface area contributed by atoms with Gasteiger partial charge in [-0.25, -0.2) is 4.98 Å². The van der Waals surface area contributed by atoms with E-state index in [1.54, 1.807) is 6.20 Å². The van der Waals surface area contributed by atoms with Gasteiger partial charge in [0.2, 0.25) is 0 Å². The van der Waals surface area contributed by atoms with Gasteiger partial charge in [0, 0.05) is 5.56 Å². The molecule has 0 bridgehead atoms. The number of nitrogens with one attached hydrogen (secondary N) is 1. The molecule has 2 nitrogen and oxygen atoms in total. The van der Waals surface area contributed by atoms with Gasteiger partial charge in [-0.15, -0.1) is 0 Å². The average molecular weight is 249 g/mol. The van der Waals surface area contributed by atoms with E-state index < -0.39 is 0 Å². The summed E-state index contributed by atoms with van der Waals surface area (Å²) < 4.78 is 0. The molecule has 0 atom stereocenters. The number of hydrogen-bond donors (Lipinski definition) is 1. The molecular weight excluding hydrogens is 232 g/mol. The molecule has 1 aromatic carbocycles. The fourth-order valence-corrected chi connectivity index (χ4v) is 1.96. The second-order valence-corrected chi connectivity index (χ2v) is 5.73. The topological polar surface area (TPSA) is 28.7 Å². The number of hydrogen-bond acceptors (Lipinski definition) is 1. The highest BCUT2D eigenvalue weighted by atomic mass is 35.5. The zero-order valence-corrected chi connectivity index (χ0v) is 11.4. The Labute approximate surface area is 107 Å². The molecular formula is C14H17ClN2. The van der Waals surface area contributed by atoms with Gasteiger partial charge in [-0.05, 0) is 41.1 Å². The Balaban J connectivity index is 2.54. The zero-order valence-electron chi connectivity index (χ0n) is 10.6. The summed E-state index contributed by atoms with van der Waals surface area (Å²) in [6, 6.07) is 6.53. The Kier molecular flexibility index (Phi) is 3.00. The molecule has 0 radical (unpaired) electrons. The lowest BCUT2D eigenvalue weighted by molar-refractivity contribution is 0.590. The SMILES string of the molecule is Cc1ccc(C(C)(C)C)cc1-c1cnc(Cl)[nH]1. The van der Waals surface area contributed by atoms with Crippen LogP contribution in [-0.4, -0.2) is 9.97 Å². The molecule has 0 aliphatic heterocycles. The van der Waals surface area contributed by atoms with E-state index in [2.05, 4.69) is 55.9 Å². The van der Waals surface area contributed by atoms with Gasteiger partial charge in [0.15, 0.2) is 5.28 Å². The normalized spacial score (nSPS) is 11.8. The lowest BCUT2D eigenvalue weighted by Crippen LogP contribution is -2.11. The third-order valence-electron chi connectivity index (χ3n) is 2.94. The van der Waals surface area contributed by atoms with Crippen molar-refractivity contribution in [3.63, 3.8) is 0 Å². The van der Waals surface area contributed by atoms with Crippen LogP contribution in [0, 0.1) is 6.92 Å². The molecule has 90 valence electrons. The highest BCUT2D eigenvalue weighted by Crippen LogP contribution is 2.29. The van der Waals surface area contributed by atoms with Crippen LogP contribution in [0.15, 0.2) is 24.4 Å². The van der Waals surface area contributed by atoms with Gasteiger partial charge in [0.1, 0.15) is 0 Å². The molecule has 1 N–H and O–H groups in total. The fraction of sp³-hybridized carbons (Fsp3) is 0.357. The molecule has 0 amide bonds. The molecule has 1 aromatic heterocycles. The Bertz CT molecular complexity index is 535. The standard InChI is InChI=1S/C14H17ClN2/c1-9-5-6-10(14(2,3)4)7-11(9)12-8-16-13(15)17-12/h5-8H,1-4H3,(H,16,17). The summed E-state index contributed by atoms with van der Waals surface area (Å²) in [5, 5.41) is 0.431. The molecule has 0 spiro atoms. The second-order valence-electron chi connectivity index (χ2n) is 5.37. The van der Waals surface area contributed by atoms with E-state index in [0.717, 1.165) is 11.3 Å². The Morgan fingerprint density at radius 2 is 1.94 bits per heavy atom. The maximum absolute atomic E-state index is 5.83. The predicted octanol–water partition coefficient (Wildman–Crippen LogP) is 4.34. The van der Waals surface area contributed by atoms with Crippen LogP contribution in [0.2, 0.25) is 5.28 Å².